The summed E-state index contributed by atoms with van der Waals surface area (Å²) in [6, 6.07) is 16.1. The molecule has 3 rings (SSSR count). The predicted molar refractivity (Wildman–Crippen MR) is 110 cm³/mol. The van der Waals surface area contributed by atoms with Gasteiger partial charge in [0.15, 0.2) is 5.96 Å². The Kier molecular flexibility index (Phi) is 6.68. The molecule has 6 nitrogen and oxygen atoms in total. The molecule has 3 N–H and O–H groups in total. The molecule has 0 saturated carbocycles. The van der Waals surface area contributed by atoms with Crippen molar-refractivity contribution in [3.63, 3.8) is 0 Å². The standard InChI is InChI=1S/C21H27N5O/c1-3-22-21(24-15-16-10-12-17(27-2)13-11-16)23-14-6-9-20-25-18-7-4-5-8-19(18)26-20/h4-5,7-8,10-13H,3,6,9,14-15H2,1-2H3,(H,25,26)(H2,22,23,24). The lowest BCUT2D eigenvalue weighted by molar-refractivity contribution is 0.414. The number of para-hydroxylation sites is 2. The monoisotopic (exact) mass is 365 g/mol. The second-order valence-electron chi connectivity index (χ2n) is 6.27. The number of aliphatic imine (C=N–C) groups is 1. The molecule has 27 heavy (non-hydrogen) atoms. The number of guanidine groups is 1. The lowest BCUT2D eigenvalue weighted by atomic mass is 10.2. The highest BCUT2D eigenvalue weighted by molar-refractivity contribution is 5.79. The molecule has 0 saturated heterocycles. The molecule has 0 unspecified atom stereocenters. The fourth-order valence-corrected chi connectivity index (χ4v) is 2.83. The van der Waals surface area contributed by atoms with Crippen molar-refractivity contribution in [1.82, 2.24) is 20.6 Å². The zero-order valence-corrected chi connectivity index (χ0v) is 16.0. The van der Waals surface area contributed by atoms with Crippen molar-refractivity contribution in [3.05, 3.63) is 59.9 Å². The second-order valence-corrected chi connectivity index (χ2v) is 6.27. The quantitative estimate of drug-likeness (QED) is 0.325. The van der Waals surface area contributed by atoms with Crippen LogP contribution in [-0.2, 0) is 13.0 Å². The predicted octanol–water partition coefficient (Wildman–Crippen LogP) is 3.26. The molecule has 0 radical (unpaired) electrons. The summed E-state index contributed by atoms with van der Waals surface area (Å²) in [4.78, 5) is 12.6. The van der Waals surface area contributed by atoms with Crippen LogP contribution < -0.4 is 15.4 Å². The van der Waals surface area contributed by atoms with Gasteiger partial charge in [0, 0.05) is 19.5 Å². The van der Waals surface area contributed by atoms with Gasteiger partial charge in [0.1, 0.15) is 11.6 Å². The molecule has 0 aliphatic heterocycles. The van der Waals surface area contributed by atoms with Gasteiger partial charge in [-0.2, -0.15) is 0 Å². The van der Waals surface area contributed by atoms with Crippen LogP contribution >= 0.6 is 0 Å². The number of aromatic nitrogens is 2. The number of ether oxygens (including phenoxy) is 1. The maximum absolute atomic E-state index is 5.19. The maximum Gasteiger partial charge on any atom is 0.191 e. The van der Waals surface area contributed by atoms with Crippen molar-refractivity contribution in [2.75, 3.05) is 20.2 Å². The lowest BCUT2D eigenvalue weighted by Gasteiger charge is -2.11. The Bertz CT molecular complexity index is 837. The van der Waals surface area contributed by atoms with Crippen LogP contribution in [0.2, 0.25) is 0 Å². The number of imidazole rings is 1. The molecule has 1 aromatic heterocycles. The Hall–Kier alpha value is -3.02. The summed E-state index contributed by atoms with van der Waals surface area (Å²) in [5.41, 5.74) is 3.26. The topological polar surface area (TPSA) is 74.3 Å². The first-order chi connectivity index (χ1) is 13.3. The summed E-state index contributed by atoms with van der Waals surface area (Å²) >= 11 is 0. The van der Waals surface area contributed by atoms with Gasteiger partial charge >= 0.3 is 0 Å². The average Bonchev–Trinajstić information content (AvgIpc) is 3.12. The third kappa shape index (κ3) is 5.48. The molecule has 1 heterocycles. The van der Waals surface area contributed by atoms with Gasteiger partial charge in [0.25, 0.3) is 0 Å². The molecule has 142 valence electrons. The van der Waals surface area contributed by atoms with Gasteiger partial charge in [-0.15, -0.1) is 0 Å². The van der Waals surface area contributed by atoms with Crippen molar-refractivity contribution in [2.45, 2.75) is 26.3 Å². The van der Waals surface area contributed by atoms with Gasteiger partial charge < -0.3 is 20.4 Å². The van der Waals surface area contributed by atoms with Crippen molar-refractivity contribution in [3.8, 4) is 5.75 Å². The number of methoxy groups -OCH3 is 1. The molecule has 0 bridgehead atoms. The first-order valence-electron chi connectivity index (χ1n) is 9.37. The Morgan fingerprint density at radius 2 is 1.93 bits per heavy atom. The van der Waals surface area contributed by atoms with E-state index < -0.39 is 0 Å². The Morgan fingerprint density at radius 3 is 2.67 bits per heavy atom. The number of rotatable bonds is 8. The van der Waals surface area contributed by atoms with Crippen LogP contribution in [0.4, 0.5) is 0 Å². The highest BCUT2D eigenvalue weighted by Crippen LogP contribution is 2.12. The minimum atomic E-state index is 0.628. The summed E-state index contributed by atoms with van der Waals surface area (Å²) < 4.78 is 5.19. The van der Waals surface area contributed by atoms with Crippen LogP contribution in [0.3, 0.4) is 0 Å². The summed E-state index contributed by atoms with van der Waals surface area (Å²) in [6.45, 7) is 4.37. The molecule has 0 amide bonds. The number of hydrogen-bond donors (Lipinski definition) is 3. The van der Waals surface area contributed by atoms with Gasteiger partial charge in [0.2, 0.25) is 0 Å². The zero-order valence-electron chi connectivity index (χ0n) is 16.0. The zero-order chi connectivity index (χ0) is 18.9. The normalized spacial score (nSPS) is 11.6. The third-order valence-corrected chi connectivity index (χ3v) is 4.24. The van der Waals surface area contributed by atoms with E-state index in [9.17, 15) is 0 Å². The van der Waals surface area contributed by atoms with E-state index in [-0.39, 0.29) is 0 Å². The molecule has 0 aliphatic rings. The first-order valence-corrected chi connectivity index (χ1v) is 9.37. The van der Waals surface area contributed by atoms with E-state index >= 15 is 0 Å². The molecular formula is C21H27N5O. The van der Waals surface area contributed by atoms with Crippen molar-refractivity contribution >= 4 is 17.0 Å². The average molecular weight is 365 g/mol. The van der Waals surface area contributed by atoms with Gasteiger partial charge in [-0.25, -0.2) is 9.98 Å². The van der Waals surface area contributed by atoms with Crippen LogP contribution in [0.1, 0.15) is 24.7 Å². The SMILES string of the molecule is CCNC(=NCc1ccc(OC)cc1)NCCCc1nc2ccccc2[nH]1. The first kappa shape index (κ1) is 18.8. The van der Waals surface area contributed by atoms with E-state index in [4.69, 9.17) is 4.74 Å². The Balaban J connectivity index is 1.48. The second kappa shape index (κ2) is 9.62. The third-order valence-electron chi connectivity index (χ3n) is 4.24. The van der Waals surface area contributed by atoms with Crippen molar-refractivity contribution in [1.29, 1.82) is 0 Å². The van der Waals surface area contributed by atoms with E-state index in [0.717, 1.165) is 60.1 Å². The van der Waals surface area contributed by atoms with E-state index in [1.165, 1.54) is 0 Å². The van der Waals surface area contributed by atoms with Gasteiger partial charge in [-0.3, -0.25) is 0 Å². The molecule has 0 fully saturated rings. The smallest absolute Gasteiger partial charge is 0.191 e. The Morgan fingerprint density at radius 1 is 1.11 bits per heavy atom. The number of nitrogens with one attached hydrogen (secondary N) is 3. The van der Waals surface area contributed by atoms with E-state index in [0.29, 0.717) is 6.54 Å². The summed E-state index contributed by atoms with van der Waals surface area (Å²) in [5.74, 6) is 2.72. The van der Waals surface area contributed by atoms with Gasteiger partial charge in [-0.05, 0) is 43.2 Å². The number of nitrogens with zero attached hydrogens (tertiary/aromatic N) is 2. The molecule has 6 heteroatoms. The van der Waals surface area contributed by atoms with Gasteiger partial charge in [-0.1, -0.05) is 24.3 Å². The molecule has 0 aliphatic carbocycles. The van der Waals surface area contributed by atoms with Crippen LogP contribution in [0, 0.1) is 0 Å². The number of fused-ring (bicyclic) bond motifs is 1. The number of aryl methyl sites for hydroxylation is 1. The van der Waals surface area contributed by atoms with Crippen LogP contribution in [0.15, 0.2) is 53.5 Å². The number of aromatic amines is 1. The van der Waals surface area contributed by atoms with Crippen LogP contribution in [-0.4, -0.2) is 36.1 Å². The maximum atomic E-state index is 5.19. The molecule has 3 aromatic rings. The highest BCUT2D eigenvalue weighted by atomic mass is 16.5. The largest absolute Gasteiger partial charge is 0.497 e. The minimum Gasteiger partial charge on any atom is -0.497 e. The lowest BCUT2D eigenvalue weighted by Crippen LogP contribution is -2.37. The fourth-order valence-electron chi connectivity index (χ4n) is 2.83. The van der Waals surface area contributed by atoms with Crippen molar-refractivity contribution < 1.29 is 4.74 Å². The van der Waals surface area contributed by atoms with Crippen LogP contribution in [0.5, 0.6) is 5.75 Å². The molecular weight excluding hydrogens is 338 g/mol. The van der Waals surface area contributed by atoms with Crippen molar-refractivity contribution in [2.24, 2.45) is 4.99 Å². The summed E-state index contributed by atoms with van der Waals surface area (Å²) in [7, 11) is 1.67. The minimum absolute atomic E-state index is 0.628. The molecule has 0 spiro atoms. The summed E-state index contributed by atoms with van der Waals surface area (Å²) in [5, 5.41) is 6.68. The number of hydrogen-bond acceptors (Lipinski definition) is 3. The Labute approximate surface area is 160 Å². The number of benzene rings is 2. The van der Waals surface area contributed by atoms with E-state index in [1.807, 2.05) is 42.5 Å². The van der Waals surface area contributed by atoms with Gasteiger partial charge in [0.05, 0.1) is 24.7 Å². The summed E-state index contributed by atoms with van der Waals surface area (Å²) in [6.07, 6.45) is 1.88. The highest BCUT2D eigenvalue weighted by Gasteiger charge is 2.03. The number of H-pyrrole nitrogens is 1. The molecule has 2 aromatic carbocycles. The van der Waals surface area contributed by atoms with E-state index in [1.54, 1.807) is 7.11 Å². The van der Waals surface area contributed by atoms with Crippen LogP contribution in [0.25, 0.3) is 11.0 Å². The fraction of sp³-hybridized carbons (Fsp3) is 0.333. The molecule has 0 atom stereocenters. The van der Waals surface area contributed by atoms with E-state index in [2.05, 4.69) is 38.6 Å².